The van der Waals surface area contributed by atoms with E-state index in [1.54, 1.807) is 18.2 Å². The molecule has 0 spiro atoms. The van der Waals surface area contributed by atoms with Crippen LogP contribution in [0.3, 0.4) is 0 Å². The summed E-state index contributed by atoms with van der Waals surface area (Å²) >= 11 is 0. The minimum absolute atomic E-state index is 0.117. The van der Waals surface area contributed by atoms with E-state index in [-0.39, 0.29) is 4.90 Å². The first-order valence-electron chi connectivity index (χ1n) is 7.04. The van der Waals surface area contributed by atoms with E-state index in [9.17, 15) is 12.8 Å². The number of anilines is 2. The fraction of sp³-hybridized carbons (Fsp3) is 0.286. The Bertz CT molecular complexity index is 789. The quantitative estimate of drug-likeness (QED) is 0.881. The Hall–Kier alpha value is -2.26. The molecule has 3 rings (SSSR count). The van der Waals surface area contributed by atoms with Gasteiger partial charge in [0.05, 0.1) is 18.1 Å². The summed E-state index contributed by atoms with van der Waals surface area (Å²) < 4.78 is 36.3. The largest absolute Gasteiger partial charge is 0.367 e. The van der Waals surface area contributed by atoms with Crippen LogP contribution < -0.4 is 14.9 Å². The highest BCUT2D eigenvalue weighted by Gasteiger charge is 2.23. The third kappa shape index (κ3) is 3.40. The number of rotatable bonds is 3. The van der Waals surface area contributed by atoms with E-state index >= 15 is 0 Å². The molecule has 1 saturated heterocycles. The first kappa shape index (κ1) is 15.6. The zero-order valence-corrected chi connectivity index (χ0v) is 13.1. The van der Waals surface area contributed by atoms with Crippen LogP contribution in [0.2, 0.25) is 0 Å². The topological polar surface area (TPSA) is 92.4 Å². The standard InChI is InChI=1S/C14H16FN5O2S/c15-11-9-17-14(18-10-11)20-7-5-19(6-8-20)12-3-1-2-4-13(12)23(16,21)22/h1-4,9-10H,5-8H2,(H2,16,21,22). The minimum Gasteiger partial charge on any atom is -0.367 e. The van der Waals surface area contributed by atoms with Gasteiger partial charge in [-0.25, -0.2) is 27.9 Å². The van der Waals surface area contributed by atoms with Crippen LogP contribution in [0, 0.1) is 5.82 Å². The molecule has 122 valence electrons. The van der Waals surface area contributed by atoms with Gasteiger partial charge in [-0.2, -0.15) is 0 Å². The molecule has 0 amide bonds. The number of nitrogens with two attached hydrogens (primary N) is 1. The SMILES string of the molecule is NS(=O)(=O)c1ccccc1N1CCN(c2ncc(F)cn2)CC1. The van der Waals surface area contributed by atoms with Crippen LogP contribution in [0.5, 0.6) is 0 Å². The van der Waals surface area contributed by atoms with Crippen LogP contribution in [-0.4, -0.2) is 44.6 Å². The zero-order valence-electron chi connectivity index (χ0n) is 12.3. The molecule has 2 aromatic rings. The molecule has 7 nitrogen and oxygen atoms in total. The Morgan fingerprint density at radius 1 is 1.00 bits per heavy atom. The van der Waals surface area contributed by atoms with Crippen LogP contribution in [0.1, 0.15) is 0 Å². The van der Waals surface area contributed by atoms with Gasteiger partial charge in [0.15, 0.2) is 5.82 Å². The fourth-order valence-electron chi connectivity index (χ4n) is 2.58. The lowest BCUT2D eigenvalue weighted by atomic mass is 10.2. The van der Waals surface area contributed by atoms with E-state index in [1.807, 2.05) is 9.80 Å². The summed E-state index contributed by atoms with van der Waals surface area (Å²) in [6, 6.07) is 6.66. The van der Waals surface area contributed by atoms with Gasteiger partial charge in [0.2, 0.25) is 16.0 Å². The van der Waals surface area contributed by atoms with Gasteiger partial charge < -0.3 is 9.80 Å². The molecule has 0 aliphatic carbocycles. The summed E-state index contributed by atoms with van der Waals surface area (Å²) in [6.07, 6.45) is 2.26. The first-order valence-corrected chi connectivity index (χ1v) is 8.59. The summed E-state index contributed by atoms with van der Waals surface area (Å²) in [7, 11) is -3.77. The number of primary sulfonamides is 1. The number of aromatic nitrogens is 2. The molecule has 0 bridgehead atoms. The second kappa shape index (κ2) is 6.09. The molecule has 9 heteroatoms. The smallest absolute Gasteiger partial charge is 0.240 e. The van der Waals surface area contributed by atoms with E-state index in [0.717, 1.165) is 12.4 Å². The van der Waals surface area contributed by atoms with Gasteiger partial charge in [-0.1, -0.05) is 12.1 Å². The number of halogens is 1. The molecule has 23 heavy (non-hydrogen) atoms. The molecule has 1 aliphatic rings. The first-order chi connectivity index (χ1) is 10.9. The van der Waals surface area contributed by atoms with Crippen LogP contribution in [0.4, 0.5) is 16.0 Å². The summed E-state index contributed by atoms with van der Waals surface area (Å²) in [5.74, 6) is -0.0137. The third-order valence-electron chi connectivity index (χ3n) is 3.68. The lowest BCUT2D eigenvalue weighted by Gasteiger charge is -2.36. The summed E-state index contributed by atoms with van der Waals surface area (Å²) in [6.45, 7) is 2.38. The molecule has 0 radical (unpaired) electrons. The average Bonchev–Trinajstić information content (AvgIpc) is 2.55. The Labute approximate surface area is 133 Å². The van der Waals surface area contributed by atoms with Crippen molar-refractivity contribution in [2.45, 2.75) is 4.90 Å². The lowest BCUT2D eigenvalue weighted by molar-refractivity contribution is 0.593. The highest BCUT2D eigenvalue weighted by Crippen LogP contribution is 2.25. The molecule has 0 saturated carbocycles. The monoisotopic (exact) mass is 337 g/mol. The Balaban J connectivity index is 1.76. The average molecular weight is 337 g/mol. The highest BCUT2D eigenvalue weighted by atomic mass is 32.2. The number of benzene rings is 1. The maximum absolute atomic E-state index is 12.9. The summed E-state index contributed by atoms with van der Waals surface area (Å²) in [4.78, 5) is 11.9. The molecular formula is C14H16FN5O2S. The molecule has 2 N–H and O–H groups in total. The van der Waals surface area contributed by atoms with Crippen LogP contribution in [0.15, 0.2) is 41.6 Å². The van der Waals surface area contributed by atoms with Gasteiger partial charge in [-0.15, -0.1) is 0 Å². The van der Waals surface area contributed by atoms with E-state index in [4.69, 9.17) is 5.14 Å². The van der Waals surface area contributed by atoms with Gasteiger partial charge in [0.1, 0.15) is 4.90 Å². The molecule has 0 atom stereocenters. The summed E-state index contributed by atoms with van der Waals surface area (Å²) in [5.41, 5.74) is 0.592. The molecule has 1 fully saturated rings. The second-order valence-corrected chi connectivity index (χ2v) is 6.72. The molecule has 2 heterocycles. The van der Waals surface area contributed by atoms with Crippen LogP contribution >= 0.6 is 0 Å². The van der Waals surface area contributed by atoms with E-state index in [2.05, 4.69) is 9.97 Å². The number of hydrogen-bond acceptors (Lipinski definition) is 6. The Morgan fingerprint density at radius 3 is 2.17 bits per heavy atom. The molecule has 1 aliphatic heterocycles. The van der Waals surface area contributed by atoms with Crippen molar-refractivity contribution in [3.05, 3.63) is 42.5 Å². The van der Waals surface area contributed by atoms with E-state index in [0.29, 0.717) is 37.8 Å². The number of para-hydroxylation sites is 1. The number of hydrogen-bond donors (Lipinski definition) is 1. The van der Waals surface area contributed by atoms with Gasteiger partial charge in [0.25, 0.3) is 0 Å². The van der Waals surface area contributed by atoms with Crippen molar-refractivity contribution in [3.8, 4) is 0 Å². The number of piperazine rings is 1. The maximum atomic E-state index is 12.9. The third-order valence-corrected chi connectivity index (χ3v) is 4.64. The van der Waals surface area contributed by atoms with Crippen LogP contribution in [0.25, 0.3) is 0 Å². The van der Waals surface area contributed by atoms with Crippen molar-refractivity contribution in [2.75, 3.05) is 36.0 Å². The van der Waals surface area contributed by atoms with Crippen LogP contribution in [-0.2, 0) is 10.0 Å². The van der Waals surface area contributed by atoms with Crippen molar-refractivity contribution in [3.63, 3.8) is 0 Å². The second-order valence-electron chi connectivity index (χ2n) is 5.19. The van der Waals surface area contributed by atoms with Crippen molar-refractivity contribution in [2.24, 2.45) is 5.14 Å². The zero-order chi connectivity index (χ0) is 16.4. The molecule has 1 aromatic heterocycles. The molecule has 0 unspecified atom stereocenters. The number of sulfonamides is 1. The number of nitrogens with zero attached hydrogens (tertiary/aromatic N) is 4. The normalized spacial score (nSPS) is 15.7. The lowest BCUT2D eigenvalue weighted by Crippen LogP contribution is -2.47. The highest BCUT2D eigenvalue weighted by molar-refractivity contribution is 7.89. The van der Waals surface area contributed by atoms with Crippen molar-refractivity contribution in [1.82, 2.24) is 9.97 Å². The molecule has 1 aromatic carbocycles. The van der Waals surface area contributed by atoms with Gasteiger partial charge in [0, 0.05) is 26.2 Å². The Morgan fingerprint density at radius 2 is 1.57 bits per heavy atom. The molecular weight excluding hydrogens is 321 g/mol. The summed E-state index contributed by atoms with van der Waals surface area (Å²) in [5, 5.41) is 5.28. The maximum Gasteiger partial charge on any atom is 0.240 e. The van der Waals surface area contributed by atoms with Crippen molar-refractivity contribution in [1.29, 1.82) is 0 Å². The predicted molar refractivity (Wildman–Crippen MR) is 84.2 cm³/mol. The fourth-order valence-corrected chi connectivity index (χ4v) is 3.33. The van der Waals surface area contributed by atoms with Gasteiger partial charge >= 0.3 is 0 Å². The minimum atomic E-state index is -3.77. The predicted octanol–water partition coefficient (Wildman–Crippen LogP) is 0.590. The van der Waals surface area contributed by atoms with Crippen molar-refractivity contribution < 1.29 is 12.8 Å². The van der Waals surface area contributed by atoms with Crippen molar-refractivity contribution >= 4 is 21.7 Å². The van der Waals surface area contributed by atoms with E-state index in [1.165, 1.54) is 6.07 Å². The Kier molecular flexibility index (Phi) is 4.14. The van der Waals surface area contributed by atoms with Gasteiger partial charge in [-0.05, 0) is 12.1 Å². The van der Waals surface area contributed by atoms with E-state index < -0.39 is 15.8 Å². The van der Waals surface area contributed by atoms with Gasteiger partial charge in [-0.3, -0.25) is 0 Å².